The molecular formula is C19H29N5OS. The molecule has 0 aliphatic carbocycles. The van der Waals surface area contributed by atoms with Crippen LogP contribution in [0.3, 0.4) is 0 Å². The standard InChI is InChI=1S/C19H29N5OS/c1-15(2)11-23(3)13-18-21-22-19(24(18)12-17-8-6-10-25-17)26-14-16-7-4-5-9-20-16/h4-5,7,9,15,17H,6,8,10-14H2,1-3H3/t17-/m0/s1. The fourth-order valence-corrected chi connectivity index (χ4v) is 4.15. The lowest BCUT2D eigenvalue weighted by atomic mass is 10.2. The van der Waals surface area contributed by atoms with Gasteiger partial charge in [0, 0.05) is 25.1 Å². The summed E-state index contributed by atoms with van der Waals surface area (Å²) in [6.45, 7) is 8.03. The maximum Gasteiger partial charge on any atom is 0.191 e. The van der Waals surface area contributed by atoms with E-state index in [0.29, 0.717) is 5.92 Å². The van der Waals surface area contributed by atoms with Crippen LogP contribution in [0.25, 0.3) is 0 Å². The summed E-state index contributed by atoms with van der Waals surface area (Å²) in [5, 5.41) is 9.92. The summed E-state index contributed by atoms with van der Waals surface area (Å²) in [6, 6.07) is 6.01. The highest BCUT2D eigenvalue weighted by Crippen LogP contribution is 2.24. The molecule has 1 aliphatic heterocycles. The van der Waals surface area contributed by atoms with Gasteiger partial charge in [0.05, 0.1) is 24.9 Å². The lowest BCUT2D eigenvalue weighted by Gasteiger charge is -2.20. The van der Waals surface area contributed by atoms with Crippen molar-refractivity contribution in [3.05, 3.63) is 35.9 Å². The number of ether oxygens (including phenoxy) is 1. The van der Waals surface area contributed by atoms with E-state index >= 15 is 0 Å². The highest BCUT2D eigenvalue weighted by molar-refractivity contribution is 7.98. The summed E-state index contributed by atoms with van der Waals surface area (Å²) in [7, 11) is 2.14. The second-order valence-electron chi connectivity index (χ2n) is 7.34. The van der Waals surface area contributed by atoms with E-state index < -0.39 is 0 Å². The molecule has 1 atom stereocenters. The lowest BCUT2D eigenvalue weighted by Crippen LogP contribution is -2.26. The van der Waals surface area contributed by atoms with Crippen molar-refractivity contribution in [1.82, 2.24) is 24.6 Å². The average molecular weight is 376 g/mol. The number of aromatic nitrogens is 4. The molecule has 0 amide bonds. The maximum absolute atomic E-state index is 5.86. The molecule has 0 saturated carbocycles. The van der Waals surface area contributed by atoms with Gasteiger partial charge >= 0.3 is 0 Å². The molecule has 2 aromatic rings. The Morgan fingerprint density at radius 2 is 2.23 bits per heavy atom. The van der Waals surface area contributed by atoms with Crippen molar-refractivity contribution in [1.29, 1.82) is 0 Å². The number of hydrogen-bond acceptors (Lipinski definition) is 6. The minimum Gasteiger partial charge on any atom is -0.376 e. The van der Waals surface area contributed by atoms with Crippen molar-refractivity contribution in [2.45, 2.75) is 56.8 Å². The third kappa shape index (κ3) is 5.53. The van der Waals surface area contributed by atoms with Gasteiger partial charge in [-0.05, 0) is 37.9 Å². The Morgan fingerprint density at radius 1 is 1.35 bits per heavy atom. The molecule has 0 unspecified atom stereocenters. The maximum atomic E-state index is 5.86. The number of rotatable bonds is 9. The summed E-state index contributed by atoms with van der Waals surface area (Å²) in [4.78, 5) is 6.72. The normalized spacial score (nSPS) is 17.5. The Balaban J connectivity index is 1.72. The molecule has 0 aromatic carbocycles. The van der Waals surface area contributed by atoms with Gasteiger partial charge in [-0.3, -0.25) is 9.88 Å². The first kappa shape index (κ1) is 19.3. The van der Waals surface area contributed by atoms with Gasteiger partial charge in [-0.1, -0.05) is 31.7 Å². The largest absolute Gasteiger partial charge is 0.376 e. The van der Waals surface area contributed by atoms with Crippen LogP contribution in [0.15, 0.2) is 29.6 Å². The molecule has 1 aliphatic rings. The van der Waals surface area contributed by atoms with Gasteiger partial charge in [0.1, 0.15) is 5.82 Å². The van der Waals surface area contributed by atoms with Gasteiger partial charge in [-0.15, -0.1) is 10.2 Å². The highest BCUT2D eigenvalue weighted by Gasteiger charge is 2.21. The van der Waals surface area contributed by atoms with Crippen LogP contribution < -0.4 is 0 Å². The molecule has 3 rings (SSSR count). The molecule has 3 heterocycles. The molecule has 7 heteroatoms. The van der Waals surface area contributed by atoms with E-state index in [1.165, 1.54) is 0 Å². The Morgan fingerprint density at radius 3 is 2.92 bits per heavy atom. The first-order valence-electron chi connectivity index (χ1n) is 9.36. The molecular weight excluding hydrogens is 346 g/mol. The predicted molar refractivity (Wildman–Crippen MR) is 104 cm³/mol. The average Bonchev–Trinajstić information content (AvgIpc) is 3.25. The van der Waals surface area contributed by atoms with Gasteiger partial charge in [0.2, 0.25) is 0 Å². The second kappa shape index (κ2) is 9.48. The lowest BCUT2D eigenvalue weighted by molar-refractivity contribution is 0.0934. The zero-order valence-corrected chi connectivity index (χ0v) is 16.8. The first-order valence-corrected chi connectivity index (χ1v) is 10.4. The van der Waals surface area contributed by atoms with Crippen LogP contribution in [0.2, 0.25) is 0 Å². The zero-order valence-electron chi connectivity index (χ0n) is 16.0. The third-order valence-corrected chi connectivity index (χ3v) is 5.37. The van der Waals surface area contributed by atoms with E-state index in [-0.39, 0.29) is 6.10 Å². The van der Waals surface area contributed by atoms with Crippen LogP contribution >= 0.6 is 11.8 Å². The van der Waals surface area contributed by atoms with E-state index in [4.69, 9.17) is 4.74 Å². The number of pyridine rings is 1. The Labute approximate surface area is 160 Å². The van der Waals surface area contributed by atoms with E-state index in [1.807, 2.05) is 24.4 Å². The quantitative estimate of drug-likeness (QED) is 0.627. The SMILES string of the molecule is CC(C)CN(C)Cc1nnc(SCc2ccccn2)n1C[C@@H]1CCCO1. The van der Waals surface area contributed by atoms with Crippen LogP contribution in [0, 0.1) is 5.92 Å². The van der Waals surface area contributed by atoms with Crippen LogP contribution in [-0.4, -0.2) is 51.0 Å². The van der Waals surface area contributed by atoms with E-state index in [1.54, 1.807) is 11.8 Å². The predicted octanol–water partition coefficient (Wildman–Crippen LogP) is 3.23. The van der Waals surface area contributed by atoms with Gasteiger partial charge in [-0.25, -0.2) is 0 Å². The summed E-state index contributed by atoms with van der Waals surface area (Å²) in [5.74, 6) is 2.45. The molecule has 0 spiro atoms. The number of nitrogens with zero attached hydrogens (tertiary/aromatic N) is 5. The zero-order chi connectivity index (χ0) is 18.4. The van der Waals surface area contributed by atoms with Crippen molar-refractivity contribution in [3.63, 3.8) is 0 Å². The molecule has 2 aromatic heterocycles. The molecule has 0 N–H and O–H groups in total. The Kier molecular flexibility index (Phi) is 7.05. The van der Waals surface area contributed by atoms with Crippen molar-refractivity contribution >= 4 is 11.8 Å². The molecule has 0 radical (unpaired) electrons. The monoisotopic (exact) mass is 375 g/mol. The molecule has 6 nitrogen and oxygen atoms in total. The van der Waals surface area contributed by atoms with Crippen molar-refractivity contribution in [2.75, 3.05) is 20.2 Å². The fraction of sp³-hybridized carbons (Fsp3) is 0.632. The summed E-state index contributed by atoms with van der Waals surface area (Å²) in [6.07, 6.45) is 4.36. The van der Waals surface area contributed by atoms with Crippen LogP contribution in [0.1, 0.15) is 38.2 Å². The highest BCUT2D eigenvalue weighted by atomic mass is 32.2. The molecule has 1 fully saturated rings. The fourth-order valence-electron chi connectivity index (χ4n) is 3.27. The molecule has 1 saturated heterocycles. The van der Waals surface area contributed by atoms with E-state index in [9.17, 15) is 0 Å². The van der Waals surface area contributed by atoms with Crippen molar-refractivity contribution in [2.24, 2.45) is 5.92 Å². The summed E-state index contributed by atoms with van der Waals surface area (Å²) < 4.78 is 8.11. The smallest absolute Gasteiger partial charge is 0.191 e. The van der Waals surface area contributed by atoms with Gasteiger partial charge in [-0.2, -0.15) is 0 Å². The minimum absolute atomic E-state index is 0.273. The second-order valence-corrected chi connectivity index (χ2v) is 8.29. The van der Waals surface area contributed by atoms with E-state index in [2.05, 4.69) is 45.5 Å². The summed E-state index contributed by atoms with van der Waals surface area (Å²) >= 11 is 1.70. The van der Waals surface area contributed by atoms with E-state index in [0.717, 1.165) is 61.5 Å². The van der Waals surface area contributed by atoms with Crippen LogP contribution in [0.4, 0.5) is 0 Å². The minimum atomic E-state index is 0.273. The third-order valence-electron chi connectivity index (χ3n) is 4.37. The van der Waals surface area contributed by atoms with Crippen LogP contribution in [-0.2, 0) is 23.6 Å². The molecule has 0 bridgehead atoms. The van der Waals surface area contributed by atoms with Gasteiger partial charge in [0.25, 0.3) is 0 Å². The van der Waals surface area contributed by atoms with Gasteiger partial charge < -0.3 is 9.30 Å². The summed E-state index contributed by atoms with van der Waals surface area (Å²) in [5.41, 5.74) is 1.06. The number of thioether (sulfide) groups is 1. The van der Waals surface area contributed by atoms with Crippen molar-refractivity contribution in [3.8, 4) is 0 Å². The Bertz CT molecular complexity index is 670. The molecule has 142 valence electrons. The van der Waals surface area contributed by atoms with Crippen LogP contribution in [0.5, 0.6) is 0 Å². The molecule has 26 heavy (non-hydrogen) atoms. The first-order chi connectivity index (χ1) is 12.6. The number of hydrogen-bond donors (Lipinski definition) is 0. The topological polar surface area (TPSA) is 56.1 Å². The van der Waals surface area contributed by atoms with Gasteiger partial charge in [0.15, 0.2) is 5.16 Å². The Hall–Kier alpha value is -1.44. The van der Waals surface area contributed by atoms with Crippen molar-refractivity contribution < 1.29 is 4.74 Å².